The average molecular weight is 528 g/mol. The Balaban J connectivity index is 1.32. The summed E-state index contributed by atoms with van der Waals surface area (Å²) in [4.78, 5) is 24.6. The normalized spacial score (nSPS) is 14.8. The summed E-state index contributed by atoms with van der Waals surface area (Å²) < 4.78 is 34.1. The van der Waals surface area contributed by atoms with Crippen molar-refractivity contribution in [3.05, 3.63) is 115 Å². The van der Waals surface area contributed by atoms with Gasteiger partial charge in [-0.2, -0.15) is 0 Å². The van der Waals surface area contributed by atoms with Gasteiger partial charge in [0.15, 0.2) is 5.76 Å². The minimum atomic E-state index is -3.89. The molecular weight excluding hydrogens is 502 g/mol. The van der Waals surface area contributed by atoms with Gasteiger partial charge >= 0.3 is 0 Å². The third kappa shape index (κ3) is 4.96. The molecule has 9 heteroatoms. The molecule has 2 heterocycles. The number of rotatable bonds is 7. The number of carbonyl (C=O) groups is 2. The van der Waals surface area contributed by atoms with E-state index in [1.807, 2.05) is 36.4 Å². The number of furan rings is 1. The lowest BCUT2D eigenvalue weighted by Crippen LogP contribution is -2.40. The van der Waals surface area contributed by atoms with Gasteiger partial charge in [0.25, 0.3) is 15.9 Å². The Morgan fingerprint density at radius 1 is 0.921 bits per heavy atom. The number of hydrogen-bond acceptors (Lipinski definition) is 5. The van der Waals surface area contributed by atoms with E-state index in [0.717, 1.165) is 11.1 Å². The zero-order valence-corrected chi connectivity index (χ0v) is 21.1. The van der Waals surface area contributed by atoms with E-state index in [4.69, 9.17) is 4.42 Å². The number of hydrogen-bond donors (Lipinski definition) is 2. The molecule has 38 heavy (non-hydrogen) atoms. The molecule has 0 saturated carbocycles. The van der Waals surface area contributed by atoms with Crippen molar-refractivity contribution < 1.29 is 22.4 Å². The van der Waals surface area contributed by atoms with Gasteiger partial charge in [-0.1, -0.05) is 55.1 Å². The van der Waals surface area contributed by atoms with Gasteiger partial charge in [-0.25, -0.2) is 8.42 Å². The Hall–Kier alpha value is -4.63. The highest BCUT2D eigenvalue weighted by Gasteiger charge is 2.33. The zero-order chi connectivity index (χ0) is 26.7. The lowest BCUT2D eigenvalue weighted by Gasteiger charge is -2.35. The van der Waals surface area contributed by atoms with Crippen LogP contribution in [0.5, 0.6) is 0 Å². The Labute approximate surface area is 220 Å². The highest BCUT2D eigenvalue weighted by Crippen LogP contribution is 2.37. The summed E-state index contributed by atoms with van der Waals surface area (Å²) in [6, 6.07) is 25.5. The van der Waals surface area contributed by atoms with Crippen LogP contribution >= 0.6 is 0 Å². The molecule has 8 nitrogen and oxygen atoms in total. The van der Waals surface area contributed by atoms with Crippen molar-refractivity contribution in [3.8, 4) is 11.3 Å². The van der Waals surface area contributed by atoms with Gasteiger partial charge in [-0.05, 0) is 60.5 Å². The highest BCUT2D eigenvalue weighted by atomic mass is 32.2. The van der Waals surface area contributed by atoms with Crippen LogP contribution in [0, 0.1) is 0 Å². The number of nitrogens with one attached hydrogen (secondary N) is 2. The summed E-state index contributed by atoms with van der Waals surface area (Å²) in [6.07, 6.45) is 1.61. The van der Waals surface area contributed by atoms with Crippen molar-refractivity contribution in [1.82, 2.24) is 5.32 Å². The fourth-order valence-corrected chi connectivity index (χ4v) is 5.91. The van der Waals surface area contributed by atoms with E-state index in [2.05, 4.69) is 17.2 Å². The van der Waals surface area contributed by atoms with E-state index >= 15 is 0 Å². The molecule has 1 aliphatic heterocycles. The lowest BCUT2D eigenvalue weighted by molar-refractivity contribution is -0.117. The Morgan fingerprint density at radius 3 is 2.37 bits per heavy atom. The minimum absolute atomic E-state index is 0.0863. The van der Waals surface area contributed by atoms with E-state index in [0.29, 0.717) is 23.6 Å². The Kier molecular flexibility index (Phi) is 6.85. The van der Waals surface area contributed by atoms with Gasteiger partial charge in [0.05, 0.1) is 16.6 Å². The Bertz CT molecular complexity index is 1590. The molecule has 0 saturated heterocycles. The van der Waals surface area contributed by atoms with Crippen LogP contribution in [0.25, 0.3) is 11.3 Å². The molecule has 1 unspecified atom stereocenters. The van der Waals surface area contributed by atoms with Crippen molar-refractivity contribution in [2.75, 3.05) is 16.2 Å². The molecule has 3 aromatic carbocycles. The quantitative estimate of drug-likeness (QED) is 0.324. The first-order chi connectivity index (χ1) is 18.4. The first-order valence-corrected chi connectivity index (χ1v) is 13.4. The van der Waals surface area contributed by atoms with Crippen LogP contribution in [-0.2, 0) is 14.8 Å². The van der Waals surface area contributed by atoms with Gasteiger partial charge < -0.3 is 15.1 Å². The van der Waals surface area contributed by atoms with E-state index in [9.17, 15) is 18.0 Å². The maximum Gasteiger partial charge on any atom is 0.291 e. The number of amides is 2. The van der Waals surface area contributed by atoms with Gasteiger partial charge in [0.1, 0.15) is 5.76 Å². The van der Waals surface area contributed by atoms with Crippen molar-refractivity contribution in [2.45, 2.75) is 17.4 Å². The standard InChI is InChI=1S/C29H25N3O5S/c1-2-28(33)31-24-18-19-32(25-11-7-6-10-23(24)25)38(35,36)22-14-12-21(13-15-22)30-29(34)27-17-16-26(37-27)20-8-4-3-5-9-20/h2-17,24H,1,18-19H2,(H,30,34)(H,31,33). The first-order valence-electron chi connectivity index (χ1n) is 12.0. The number of benzene rings is 3. The second kappa shape index (κ2) is 10.4. The summed E-state index contributed by atoms with van der Waals surface area (Å²) in [5.41, 5.74) is 2.51. The molecule has 192 valence electrons. The zero-order valence-electron chi connectivity index (χ0n) is 20.3. The van der Waals surface area contributed by atoms with E-state index in [1.54, 1.807) is 30.3 Å². The predicted octanol–water partition coefficient (Wildman–Crippen LogP) is 5.14. The number of nitrogens with zero attached hydrogens (tertiary/aromatic N) is 1. The largest absolute Gasteiger partial charge is 0.451 e. The number of anilines is 2. The maximum atomic E-state index is 13.5. The Morgan fingerprint density at radius 2 is 1.63 bits per heavy atom. The van der Waals surface area contributed by atoms with E-state index < -0.39 is 15.9 Å². The van der Waals surface area contributed by atoms with Crippen LogP contribution in [0.15, 0.2) is 113 Å². The molecular formula is C29H25N3O5S. The fourth-order valence-electron chi connectivity index (χ4n) is 4.41. The average Bonchev–Trinajstić information content (AvgIpc) is 3.44. The molecule has 1 atom stereocenters. The number of sulfonamides is 1. The number of carbonyl (C=O) groups excluding carboxylic acids is 2. The molecule has 0 aliphatic carbocycles. The minimum Gasteiger partial charge on any atom is -0.451 e. The molecule has 2 amide bonds. The van der Waals surface area contributed by atoms with Crippen molar-refractivity contribution in [3.63, 3.8) is 0 Å². The molecule has 1 aliphatic rings. The third-order valence-corrected chi connectivity index (χ3v) is 8.12. The highest BCUT2D eigenvalue weighted by molar-refractivity contribution is 7.92. The monoisotopic (exact) mass is 527 g/mol. The van der Waals surface area contributed by atoms with Crippen LogP contribution in [0.2, 0.25) is 0 Å². The van der Waals surface area contributed by atoms with Crippen LogP contribution in [0.3, 0.4) is 0 Å². The second-order valence-corrected chi connectivity index (χ2v) is 10.6. The number of fused-ring (bicyclic) bond motifs is 1. The first kappa shape index (κ1) is 25.0. The molecule has 0 fully saturated rings. The van der Waals surface area contributed by atoms with Crippen LogP contribution in [-0.4, -0.2) is 26.8 Å². The molecule has 2 N–H and O–H groups in total. The molecule has 1 aromatic heterocycles. The summed E-state index contributed by atoms with van der Waals surface area (Å²) in [5.74, 6) is -0.0428. The van der Waals surface area contributed by atoms with Gasteiger partial charge in [-0.3, -0.25) is 13.9 Å². The van der Waals surface area contributed by atoms with Crippen LogP contribution < -0.4 is 14.9 Å². The molecule has 0 radical (unpaired) electrons. The topological polar surface area (TPSA) is 109 Å². The van der Waals surface area contributed by atoms with Gasteiger partial charge in [-0.15, -0.1) is 0 Å². The summed E-state index contributed by atoms with van der Waals surface area (Å²) in [5, 5.41) is 5.60. The van der Waals surface area contributed by atoms with Gasteiger partial charge in [0, 0.05) is 17.8 Å². The smallest absolute Gasteiger partial charge is 0.291 e. The lowest BCUT2D eigenvalue weighted by atomic mass is 9.98. The van der Waals surface area contributed by atoms with Crippen LogP contribution in [0.1, 0.15) is 28.6 Å². The van der Waals surface area contributed by atoms with E-state index in [1.165, 1.54) is 34.6 Å². The van der Waals surface area contributed by atoms with Crippen LogP contribution in [0.4, 0.5) is 11.4 Å². The maximum absolute atomic E-state index is 13.5. The fraction of sp³-hybridized carbons (Fsp3) is 0.103. The van der Waals surface area contributed by atoms with Crippen molar-refractivity contribution in [1.29, 1.82) is 0 Å². The van der Waals surface area contributed by atoms with E-state index in [-0.39, 0.29) is 29.1 Å². The van der Waals surface area contributed by atoms with Gasteiger partial charge in [0.2, 0.25) is 5.91 Å². The predicted molar refractivity (Wildman–Crippen MR) is 145 cm³/mol. The summed E-state index contributed by atoms with van der Waals surface area (Å²) in [6.45, 7) is 3.68. The molecule has 4 aromatic rings. The van der Waals surface area contributed by atoms with Crippen molar-refractivity contribution >= 4 is 33.2 Å². The summed E-state index contributed by atoms with van der Waals surface area (Å²) >= 11 is 0. The molecule has 0 bridgehead atoms. The second-order valence-electron chi connectivity index (χ2n) is 8.70. The SMILES string of the molecule is C=CC(=O)NC1CCN(S(=O)(=O)c2ccc(NC(=O)c3ccc(-c4ccccc4)o3)cc2)c2ccccc21. The molecule has 5 rings (SSSR count). The third-order valence-electron chi connectivity index (χ3n) is 6.29. The van der Waals surface area contributed by atoms with Crippen molar-refractivity contribution in [2.24, 2.45) is 0 Å². The summed E-state index contributed by atoms with van der Waals surface area (Å²) in [7, 11) is -3.89. The molecule has 0 spiro atoms. The number of para-hydroxylation sites is 1.